The molecule has 1 fully saturated rings. The smallest absolute Gasteiger partial charge is 0.263 e. The molecule has 0 bridgehead atoms. The minimum absolute atomic E-state index is 0.196. The van der Waals surface area contributed by atoms with Crippen LogP contribution in [0.3, 0.4) is 0 Å². The van der Waals surface area contributed by atoms with Crippen molar-refractivity contribution >= 4 is 56.2 Å². The van der Waals surface area contributed by atoms with Gasteiger partial charge in [-0.15, -0.1) is 0 Å². The fraction of sp³-hybridized carbons (Fsp3) is 0.158. The molecule has 2 aromatic carbocycles. The summed E-state index contributed by atoms with van der Waals surface area (Å²) in [5.74, 6) is 1.73. The van der Waals surface area contributed by atoms with Crippen LogP contribution in [0, 0.1) is 0 Å². The summed E-state index contributed by atoms with van der Waals surface area (Å²) in [6, 6.07) is 13.2. The van der Waals surface area contributed by atoms with Crippen molar-refractivity contribution in [1.29, 1.82) is 0 Å². The average Bonchev–Trinajstić information content (AvgIpc) is 2.97. The van der Waals surface area contributed by atoms with Gasteiger partial charge in [-0.25, -0.2) is 0 Å². The number of thioether (sulfide) groups is 1. The van der Waals surface area contributed by atoms with E-state index in [0.29, 0.717) is 33.9 Å². The van der Waals surface area contributed by atoms with Crippen molar-refractivity contribution in [3.63, 3.8) is 0 Å². The second kappa shape index (κ2) is 9.25. The number of ether oxygens (including phenoxy) is 3. The van der Waals surface area contributed by atoms with Gasteiger partial charge in [0.15, 0.2) is 11.5 Å². The van der Waals surface area contributed by atoms with E-state index in [1.54, 1.807) is 19.3 Å². The van der Waals surface area contributed by atoms with E-state index in [9.17, 15) is 4.79 Å². The van der Waals surface area contributed by atoms with Crippen LogP contribution in [-0.4, -0.2) is 30.6 Å². The standard InChI is InChI=1S/C19H16BrNO4S2/c1-23-15-10-12(11-16-18(22)21-19(26)27-16)9-14(20)17(15)25-8-7-24-13-5-3-2-4-6-13/h2-6,9-11H,7-8H2,1H3,(H,21,22,26)/b16-11-. The number of rotatable bonds is 7. The molecule has 5 nitrogen and oxygen atoms in total. The number of carbonyl (C=O) groups excluding carboxylic acids is 1. The number of hydrogen-bond donors (Lipinski definition) is 1. The van der Waals surface area contributed by atoms with Gasteiger partial charge >= 0.3 is 0 Å². The Morgan fingerprint density at radius 2 is 1.93 bits per heavy atom. The molecule has 0 spiro atoms. The predicted molar refractivity (Wildman–Crippen MR) is 114 cm³/mol. The van der Waals surface area contributed by atoms with Crippen LogP contribution in [0.25, 0.3) is 6.08 Å². The van der Waals surface area contributed by atoms with E-state index in [2.05, 4.69) is 21.2 Å². The third kappa shape index (κ3) is 5.24. The fourth-order valence-corrected chi connectivity index (χ4v) is 3.97. The van der Waals surface area contributed by atoms with Gasteiger partial charge < -0.3 is 19.5 Å². The molecule has 0 saturated carbocycles. The topological polar surface area (TPSA) is 56.8 Å². The second-order valence-corrected chi connectivity index (χ2v) is 7.97. The molecule has 0 aromatic heterocycles. The van der Waals surface area contributed by atoms with Crippen LogP contribution < -0.4 is 19.5 Å². The van der Waals surface area contributed by atoms with Gasteiger partial charge in [-0.3, -0.25) is 4.79 Å². The summed E-state index contributed by atoms with van der Waals surface area (Å²) in [5.41, 5.74) is 0.800. The van der Waals surface area contributed by atoms with E-state index in [1.807, 2.05) is 36.4 Å². The lowest BCUT2D eigenvalue weighted by Gasteiger charge is -2.14. The number of amides is 1. The van der Waals surface area contributed by atoms with Crippen LogP contribution in [0.1, 0.15) is 5.56 Å². The molecule has 0 atom stereocenters. The molecule has 1 amide bonds. The van der Waals surface area contributed by atoms with Crippen LogP contribution >= 0.6 is 39.9 Å². The molecule has 3 rings (SSSR count). The van der Waals surface area contributed by atoms with Gasteiger partial charge in [0.05, 0.1) is 16.5 Å². The summed E-state index contributed by atoms with van der Waals surface area (Å²) in [6.45, 7) is 0.760. The number of carbonyl (C=O) groups is 1. The van der Waals surface area contributed by atoms with Gasteiger partial charge in [-0.2, -0.15) is 0 Å². The van der Waals surface area contributed by atoms with E-state index in [1.165, 1.54) is 11.8 Å². The maximum absolute atomic E-state index is 11.8. The highest BCUT2D eigenvalue weighted by atomic mass is 79.9. The van der Waals surface area contributed by atoms with Gasteiger partial charge in [-0.05, 0) is 51.8 Å². The largest absolute Gasteiger partial charge is 0.493 e. The molecule has 0 unspecified atom stereocenters. The number of methoxy groups -OCH3 is 1. The monoisotopic (exact) mass is 465 g/mol. The predicted octanol–water partition coefficient (Wildman–Crippen LogP) is 4.40. The molecular formula is C19H16BrNO4S2. The Bertz CT molecular complexity index is 887. The molecule has 27 heavy (non-hydrogen) atoms. The maximum Gasteiger partial charge on any atom is 0.263 e. The van der Waals surface area contributed by atoms with Gasteiger partial charge in [0, 0.05) is 0 Å². The fourth-order valence-electron chi connectivity index (χ4n) is 2.36. The van der Waals surface area contributed by atoms with E-state index in [-0.39, 0.29) is 5.91 Å². The summed E-state index contributed by atoms with van der Waals surface area (Å²) < 4.78 is 18.1. The minimum Gasteiger partial charge on any atom is -0.493 e. The first-order valence-electron chi connectivity index (χ1n) is 8.00. The highest BCUT2D eigenvalue weighted by Gasteiger charge is 2.22. The molecule has 0 aliphatic carbocycles. The summed E-state index contributed by atoms with van der Waals surface area (Å²) in [4.78, 5) is 12.4. The van der Waals surface area contributed by atoms with Crippen LogP contribution in [0.5, 0.6) is 17.2 Å². The summed E-state index contributed by atoms with van der Waals surface area (Å²) >= 11 is 9.74. The molecular weight excluding hydrogens is 450 g/mol. The first-order chi connectivity index (χ1) is 13.1. The Morgan fingerprint density at radius 1 is 1.19 bits per heavy atom. The van der Waals surface area contributed by atoms with E-state index in [4.69, 9.17) is 26.4 Å². The number of nitrogens with one attached hydrogen (secondary N) is 1. The van der Waals surface area contributed by atoms with Gasteiger partial charge in [0.1, 0.15) is 23.3 Å². The van der Waals surface area contributed by atoms with Crippen LogP contribution in [0.2, 0.25) is 0 Å². The zero-order valence-corrected chi connectivity index (χ0v) is 17.6. The van der Waals surface area contributed by atoms with E-state index in [0.717, 1.165) is 15.8 Å². The third-order valence-corrected chi connectivity index (χ3v) is 5.28. The molecule has 2 aromatic rings. The van der Waals surface area contributed by atoms with Crippen molar-refractivity contribution in [3.05, 3.63) is 57.4 Å². The number of benzene rings is 2. The zero-order valence-electron chi connectivity index (χ0n) is 14.4. The average molecular weight is 466 g/mol. The summed E-state index contributed by atoms with van der Waals surface area (Å²) in [5, 5.41) is 2.60. The minimum atomic E-state index is -0.196. The summed E-state index contributed by atoms with van der Waals surface area (Å²) in [7, 11) is 1.57. The second-order valence-electron chi connectivity index (χ2n) is 5.40. The molecule has 1 aliphatic rings. The first-order valence-corrected chi connectivity index (χ1v) is 10.0. The molecule has 1 N–H and O–H groups in total. The number of thiocarbonyl (C=S) groups is 1. The van der Waals surface area contributed by atoms with E-state index < -0.39 is 0 Å². The van der Waals surface area contributed by atoms with Crippen molar-refractivity contribution in [2.24, 2.45) is 0 Å². The van der Waals surface area contributed by atoms with Crippen molar-refractivity contribution in [1.82, 2.24) is 5.32 Å². The Morgan fingerprint density at radius 3 is 2.59 bits per heavy atom. The molecule has 1 heterocycles. The lowest BCUT2D eigenvalue weighted by atomic mass is 10.2. The normalized spacial score (nSPS) is 15.0. The van der Waals surface area contributed by atoms with Crippen molar-refractivity contribution in [2.45, 2.75) is 0 Å². The Balaban J connectivity index is 1.68. The lowest BCUT2D eigenvalue weighted by Crippen LogP contribution is -2.17. The molecule has 8 heteroatoms. The van der Waals surface area contributed by atoms with Crippen molar-refractivity contribution in [2.75, 3.05) is 20.3 Å². The Hall–Kier alpha value is -2.03. The van der Waals surface area contributed by atoms with Gasteiger partial charge in [0.2, 0.25) is 0 Å². The first kappa shape index (κ1) is 19.7. The Kier molecular flexibility index (Phi) is 6.76. The molecule has 0 radical (unpaired) electrons. The molecule has 140 valence electrons. The van der Waals surface area contributed by atoms with Gasteiger partial charge in [0.25, 0.3) is 5.91 Å². The van der Waals surface area contributed by atoms with Crippen molar-refractivity contribution < 1.29 is 19.0 Å². The number of halogens is 1. The van der Waals surface area contributed by atoms with Crippen molar-refractivity contribution in [3.8, 4) is 17.2 Å². The highest BCUT2D eigenvalue weighted by molar-refractivity contribution is 9.10. The van der Waals surface area contributed by atoms with Crippen LogP contribution in [0.15, 0.2) is 51.8 Å². The van der Waals surface area contributed by atoms with Crippen LogP contribution in [0.4, 0.5) is 0 Å². The maximum atomic E-state index is 11.8. The number of para-hydroxylation sites is 1. The van der Waals surface area contributed by atoms with Gasteiger partial charge in [-0.1, -0.05) is 42.2 Å². The quantitative estimate of drug-likeness (QED) is 0.371. The SMILES string of the molecule is COc1cc(/C=C2\SC(=S)NC2=O)cc(Br)c1OCCOc1ccccc1. The highest BCUT2D eigenvalue weighted by Crippen LogP contribution is 2.38. The lowest BCUT2D eigenvalue weighted by molar-refractivity contribution is -0.115. The third-order valence-electron chi connectivity index (χ3n) is 3.53. The number of hydrogen-bond acceptors (Lipinski definition) is 6. The summed E-state index contributed by atoms with van der Waals surface area (Å²) in [6.07, 6.45) is 1.76. The Labute approximate surface area is 175 Å². The van der Waals surface area contributed by atoms with E-state index >= 15 is 0 Å². The zero-order chi connectivity index (χ0) is 19.2. The molecule has 1 aliphatic heterocycles. The van der Waals surface area contributed by atoms with Crippen LogP contribution in [-0.2, 0) is 4.79 Å². The molecule has 1 saturated heterocycles.